The minimum Gasteiger partial charge on any atom is -0.489 e. The molecule has 0 spiro atoms. The van der Waals surface area contributed by atoms with Crippen molar-refractivity contribution in [3.63, 3.8) is 0 Å². The normalized spacial score (nSPS) is 17.4. The molecule has 1 fully saturated rings. The van der Waals surface area contributed by atoms with E-state index in [-0.39, 0.29) is 11.9 Å². The number of hydrogen-bond acceptors (Lipinski definition) is 5. The number of aryl methyl sites for hydroxylation is 2. The van der Waals surface area contributed by atoms with Crippen LogP contribution in [0, 0.1) is 19.7 Å². The van der Waals surface area contributed by atoms with Crippen LogP contribution in [0.4, 0.5) is 10.1 Å². The summed E-state index contributed by atoms with van der Waals surface area (Å²) in [6, 6.07) is 4.47. The number of benzene rings is 1. The van der Waals surface area contributed by atoms with Crippen LogP contribution in [0.3, 0.4) is 0 Å². The van der Waals surface area contributed by atoms with E-state index in [4.69, 9.17) is 14.0 Å². The standard InChI is InChI=1S/C17H21FN2O3/c1-11-15(12(2)23-20-11)9-19-16-8-13(18)5-6-17(16)22-10-14-4-3-7-21-14/h5-6,8,14,19H,3-4,7,9-10H2,1-2H3/t14-/m0/s1. The van der Waals surface area contributed by atoms with E-state index in [1.807, 2.05) is 13.8 Å². The molecule has 1 aliphatic heterocycles. The van der Waals surface area contributed by atoms with E-state index in [0.29, 0.717) is 24.6 Å². The van der Waals surface area contributed by atoms with Crippen LogP contribution in [0.5, 0.6) is 5.75 Å². The van der Waals surface area contributed by atoms with Gasteiger partial charge in [-0.05, 0) is 38.8 Å². The Balaban J connectivity index is 1.68. The first-order chi connectivity index (χ1) is 11.1. The van der Waals surface area contributed by atoms with Gasteiger partial charge >= 0.3 is 0 Å². The van der Waals surface area contributed by atoms with Crippen molar-refractivity contribution in [1.29, 1.82) is 0 Å². The van der Waals surface area contributed by atoms with Crippen LogP contribution in [0.15, 0.2) is 22.7 Å². The summed E-state index contributed by atoms with van der Waals surface area (Å²) < 4.78 is 30.1. The third kappa shape index (κ3) is 3.82. The molecule has 0 unspecified atom stereocenters. The van der Waals surface area contributed by atoms with Gasteiger partial charge in [-0.25, -0.2) is 4.39 Å². The van der Waals surface area contributed by atoms with Gasteiger partial charge in [0.15, 0.2) is 0 Å². The predicted molar refractivity (Wildman–Crippen MR) is 84.2 cm³/mol. The van der Waals surface area contributed by atoms with E-state index in [2.05, 4.69) is 10.5 Å². The molecule has 2 heterocycles. The summed E-state index contributed by atoms with van der Waals surface area (Å²) >= 11 is 0. The van der Waals surface area contributed by atoms with Gasteiger partial charge in [-0.2, -0.15) is 0 Å². The number of hydrogen-bond donors (Lipinski definition) is 1. The van der Waals surface area contributed by atoms with Crippen molar-refractivity contribution in [2.45, 2.75) is 39.3 Å². The molecule has 1 aromatic heterocycles. The van der Waals surface area contributed by atoms with E-state index in [9.17, 15) is 4.39 Å². The van der Waals surface area contributed by atoms with Gasteiger partial charge in [0, 0.05) is 24.8 Å². The number of rotatable bonds is 6. The van der Waals surface area contributed by atoms with Crippen LogP contribution < -0.4 is 10.1 Å². The van der Waals surface area contributed by atoms with Crippen molar-refractivity contribution < 1.29 is 18.4 Å². The van der Waals surface area contributed by atoms with E-state index in [0.717, 1.165) is 36.5 Å². The lowest BCUT2D eigenvalue weighted by molar-refractivity contribution is 0.0682. The monoisotopic (exact) mass is 320 g/mol. The Kier molecular flexibility index (Phi) is 4.81. The molecule has 5 nitrogen and oxygen atoms in total. The van der Waals surface area contributed by atoms with Crippen molar-refractivity contribution in [3.05, 3.63) is 41.0 Å². The van der Waals surface area contributed by atoms with Gasteiger partial charge in [0.25, 0.3) is 0 Å². The number of aromatic nitrogens is 1. The molecule has 0 aliphatic carbocycles. The molecule has 0 amide bonds. The highest BCUT2D eigenvalue weighted by Gasteiger charge is 2.17. The molecule has 1 atom stereocenters. The van der Waals surface area contributed by atoms with Crippen LogP contribution in [0.1, 0.15) is 29.9 Å². The van der Waals surface area contributed by atoms with Crippen molar-refractivity contribution in [1.82, 2.24) is 5.16 Å². The van der Waals surface area contributed by atoms with E-state index >= 15 is 0 Å². The Morgan fingerprint density at radius 1 is 1.39 bits per heavy atom. The van der Waals surface area contributed by atoms with Crippen LogP contribution in [-0.2, 0) is 11.3 Å². The molecular formula is C17H21FN2O3. The van der Waals surface area contributed by atoms with E-state index in [1.54, 1.807) is 6.07 Å². The SMILES string of the molecule is Cc1noc(C)c1CNc1cc(F)ccc1OC[C@@H]1CCCO1. The smallest absolute Gasteiger partial charge is 0.142 e. The lowest BCUT2D eigenvalue weighted by Crippen LogP contribution is -2.17. The average molecular weight is 320 g/mol. The highest BCUT2D eigenvalue weighted by molar-refractivity contribution is 5.57. The van der Waals surface area contributed by atoms with Crippen LogP contribution in [0.2, 0.25) is 0 Å². The maximum absolute atomic E-state index is 13.6. The number of ether oxygens (including phenoxy) is 2. The molecule has 0 bridgehead atoms. The highest BCUT2D eigenvalue weighted by atomic mass is 19.1. The topological polar surface area (TPSA) is 56.5 Å². The second-order valence-corrected chi connectivity index (χ2v) is 5.74. The Labute approximate surface area is 134 Å². The molecule has 0 radical (unpaired) electrons. The Bertz CT molecular complexity index is 646. The summed E-state index contributed by atoms with van der Waals surface area (Å²) in [4.78, 5) is 0. The fourth-order valence-corrected chi connectivity index (χ4v) is 2.66. The van der Waals surface area contributed by atoms with Crippen LogP contribution in [-0.4, -0.2) is 24.5 Å². The third-order valence-corrected chi connectivity index (χ3v) is 4.03. The molecule has 124 valence electrons. The summed E-state index contributed by atoms with van der Waals surface area (Å²) in [5, 5.41) is 7.13. The van der Waals surface area contributed by atoms with E-state index < -0.39 is 0 Å². The summed E-state index contributed by atoms with van der Waals surface area (Å²) in [7, 11) is 0. The fourth-order valence-electron chi connectivity index (χ4n) is 2.66. The molecule has 1 saturated heterocycles. The van der Waals surface area contributed by atoms with Crippen LogP contribution >= 0.6 is 0 Å². The number of nitrogens with zero attached hydrogens (tertiary/aromatic N) is 1. The van der Waals surface area contributed by atoms with Gasteiger partial charge in [0.05, 0.1) is 17.5 Å². The number of halogens is 1. The number of nitrogens with one attached hydrogen (secondary N) is 1. The minimum atomic E-state index is -0.310. The Morgan fingerprint density at radius 3 is 2.96 bits per heavy atom. The lowest BCUT2D eigenvalue weighted by atomic mass is 10.2. The van der Waals surface area contributed by atoms with Crippen molar-refractivity contribution in [3.8, 4) is 5.75 Å². The zero-order chi connectivity index (χ0) is 16.2. The number of anilines is 1. The first-order valence-electron chi connectivity index (χ1n) is 7.83. The molecule has 0 saturated carbocycles. The van der Waals surface area contributed by atoms with Gasteiger partial charge in [0.2, 0.25) is 0 Å². The van der Waals surface area contributed by atoms with Crippen molar-refractivity contribution in [2.24, 2.45) is 0 Å². The van der Waals surface area contributed by atoms with E-state index in [1.165, 1.54) is 12.1 Å². The molecule has 1 N–H and O–H groups in total. The molecule has 3 rings (SSSR count). The second kappa shape index (κ2) is 7.00. The third-order valence-electron chi connectivity index (χ3n) is 4.03. The first kappa shape index (κ1) is 15.8. The Hall–Kier alpha value is -2.08. The molecule has 1 aromatic carbocycles. The molecule has 1 aliphatic rings. The minimum absolute atomic E-state index is 0.121. The zero-order valence-corrected chi connectivity index (χ0v) is 13.4. The summed E-state index contributed by atoms with van der Waals surface area (Å²) in [6.07, 6.45) is 2.19. The van der Waals surface area contributed by atoms with Crippen molar-refractivity contribution >= 4 is 5.69 Å². The van der Waals surface area contributed by atoms with Crippen molar-refractivity contribution in [2.75, 3.05) is 18.5 Å². The lowest BCUT2D eigenvalue weighted by Gasteiger charge is -2.16. The maximum Gasteiger partial charge on any atom is 0.142 e. The quantitative estimate of drug-likeness (QED) is 0.881. The van der Waals surface area contributed by atoms with Gasteiger partial charge in [-0.1, -0.05) is 5.16 Å². The molecule has 6 heteroatoms. The highest BCUT2D eigenvalue weighted by Crippen LogP contribution is 2.27. The largest absolute Gasteiger partial charge is 0.489 e. The van der Waals surface area contributed by atoms with Crippen LogP contribution in [0.25, 0.3) is 0 Å². The molecule has 2 aromatic rings. The average Bonchev–Trinajstić information content (AvgIpc) is 3.15. The second-order valence-electron chi connectivity index (χ2n) is 5.74. The van der Waals surface area contributed by atoms with Gasteiger partial charge < -0.3 is 19.3 Å². The maximum atomic E-state index is 13.6. The van der Waals surface area contributed by atoms with Gasteiger partial charge in [0.1, 0.15) is 23.9 Å². The molecular weight excluding hydrogens is 299 g/mol. The fraction of sp³-hybridized carbons (Fsp3) is 0.471. The summed E-state index contributed by atoms with van der Waals surface area (Å²) in [5.74, 6) is 1.07. The summed E-state index contributed by atoms with van der Waals surface area (Å²) in [6.45, 7) is 5.51. The Morgan fingerprint density at radius 2 is 2.26 bits per heavy atom. The summed E-state index contributed by atoms with van der Waals surface area (Å²) in [5.41, 5.74) is 2.41. The first-order valence-corrected chi connectivity index (χ1v) is 7.83. The zero-order valence-electron chi connectivity index (χ0n) is 13.4. The van der Waals surface area contributed by atoms with Gasteiger partial charge in [-0.3, -0.25) is 0 Å². The molecule has 23 heavy (non-hydrogen) atoms. The van der Waals surface area contributed by atoms with Gasteiger partial charge in [-0.15, -0.1) is 0 Å². The predicted octanol–water partition coefficient (Wildman–Crippen LogP) is 3.60.